The molecule has 0 bridgehead atoms. The molecule has 3 heteroatoms. The van der Waals surface area contributed by atoms with E-state index in [9.17, 15) is 0 Å². The van der Waals surface area contributed by atoms with E-state index in [1.807, 2.05) is 16.9 Å². The zero-order chi connectivity index (χ0) is 8.10. The van der Waals surface area contributed by atoms with Gasteiger partial charge in [0, 0.05) is 25.4 Å². The molecule has 0 spiro atoms. The lowest BCUT2D eigenvalue weighted by atomic mass is 10.5. The highest BCUT2D eigenvalue weighted by Crippen LogP contribution is 2.01. The van der Waals surface area contributed by atoms with Crippen molar-refractivity contribution in [2.24, 2.45) is 0 Å². The van der Waals surface area contributed by atoms with Crippen LogP contribution in [-0.2, 0) is 6.54 Å². The lowest BCUT2D eigenvalue weighted by molar-refractivity contribution is 0.661. The fraction of sp³-hybridized carbons (Fsp3) is 0.625. The van der Waals surface area contributed by atoms with Crippen molar-refractivity contribution in [2.45, 2.75) is 26.8 Å². The van der Waals surface area contributed by atoms with Crippen molar-refractivity contribution in [1.82, 2.24) is 9.78 Å². The van der Waals surface area contributed by atoms with Crippen molar-refractivity contribution in [3.8, 4) is 0 Å². The molecule has 1 heterocycles. The van der Waals surface area contributed by atoms with Crippen LogP contribution < -0.4 is 5.32 Å². The van der Waals surface area contributed by atoms with Gasteiger partial charge in [0.15, 0.2) is 0 Å². The molecule has 1 aromatic rings. The van der Waals surface area contributed by atoms with E-state index < -0.39 is 0 Å². The van der Waals surface area contributed by atoms with Gasteiger partial charge in [-0.1, -0.05) is 6.92 Å². The summed E-state index contributed by atoms with van der Waals surface area (Å²) in [5.41, 5.74) is 0. The lowest BCUT2D eigenvalue weighted by Crippen LogP contribution is -2.01. The van der Waals surface area contributed by atoms with Crippen molar-refractivity contribution < 1.29 is 0 Å². The summed E-state index contributed by atoms with van der Waals surface area (Å²) in [4.78, 5) is 0. The van der Waals surface area contributed by atoms with E-state index >= 15 is 0 Å². The van der Waals surface area contributed by atoms with Crippen LogP contribution >= 0.6 is 0 Å². The summed E-state index contributed by atoms with van der Waals surface area (Å²) in [6, 6.07) is 2.00. The second-order valence-corrected chi connectivity index (χ2v) is 2.48. The molecule has 0 radical (unpaired) electrons. The molecular weight excluding hydrogens is 138 g/mol. The Labute approximate surface area is 67.4 Å². The average Bonchev–Trinajstić information content (AvgIpc) is 2.48. The van der Waals surface area contributed by atoms with E-state index in [2.05, 4.69) is 24.3 Å². The molecule has 62 valence electrons. The summed E-state index contributed by atoms with van der Waals surface area (Å²) in [7, 11) is 0. The van der Waals surface area contributed by atoms with Crippen LogP contribution in [0.15, 0.2) is 12.3 Å². The fourth-order valence-corrected chi connectivity index (χ4v) is 0.885. The number of hydrogen-bond donors (Lipinski definition) is 1. The predicted molar refractivity (Wildman–Crippen MR) is 46.7 cm³/mol. The SMILES string of the molecule is CCCNc1ccn(CC)n1. The van der Waals surface area contributed by atoms with E-state index in [4.69, 9.17) is 0 Å². The minimum Gasteiger partial charge on any atom is -0.369 e. The first-order valence-corrected chi connectivity index (χ1v) is 4.14. The zero-order valence-corrected chi connectivity index (χ0v) is 7.17. The summed E-state index contributed by atoms with van der Waals surface area (Å²) in [6.45, 7) is 6.16. The highest BCUT2D eigenvalue weighted by molar-refractivity contribution is 5.31. The van der Waals surface area contributed by atoms with Crippen molar-refractivity contribution in [2.75, 3.05) is 11.9 Å². The lowest BCUT2D eigenvalue weighted by Gasteiger charge is -1.98. The summed E-state index contributed by atoms with van der Waals surface area (Å²) >= 11 is 0. The maximum atomic E-state index is 4.27. The standard InChI is InChI=1S/C8H15N3/c1-3-6-9-8-5-7-11(4-2)10-8/h5,7H,3-4,6H2,1-2H3,(H,9,10). The van der Waals surface area contributed by atoms with Gasteiger partial charge in [-0.3, -0.25) is 4.68 Å². The maximum Gasteiger partial charge on any atom is 0.147 e. The van der Waals surface area contributed by atoms with Crippen LogP contribution in [0, 0.1) is 0 Å². The number of anilines is 1. The molecule has 0 aliphatic heterocycles. The molecular formula is C8H15N3. The molecule has 0 aliphatic carbocycles. The van der Waals surface area contributed by atoms with Crippen LogP contribution in [0.1, 0.15) is 20.3 Å². The Morgan fingerprint density at radius 3 is 2.91 bits per heavy atom. The number of nitrogens with zero attached hydrogens (tertiary/aromatic N) is 2. The van der Waals surface area contributed by atoms with Crippen molar-refractivity contribution in [3.05, 3.63) is 12.3 Å². The van der Waals surface area contributed by atoms with Gasteiger partial charge in [-0.15, -0.1) is 0 Å². The molecule has 0 aliphatic rings. The van der Waals surface area contributed by atoms with Gasteiger partial charge in [0.2, 0.25) is 0 Å². The van der Waals surface area contributed by atoms with Crippen molar-refractivity contribution >= 4 is 5.82 Å². The van der Waals surface area contributed by atoms with Gasteiger partial charge < -0.3 is 5.32 Å². The topological polar surface area (TPSA) is 29.9 Å². The minimum atomic E-state index is 0.938. The second kappa shape index (κ2) is 4.01. The molecule has 0 unspecified atom stereocenters. The van der Waals surface area contributed by atoms with Crippen LogP contribution in [0.2, 0.25) is 0 Å². The smallest absolute Gasteiger partial charge is 0.147 e. The first-order chi connectivity index (χ1) is 5.36. The van der Waals surface area contributed by atoms with Gasteiger partial charge in [-0.05, 0) is 13.3 Å². The molecule has 0 amide bonds. The van der Waals surface area contributed by atoms with E-state index in [0.29, 0.717) is 0 Å². The molecule has 1 rings (SSSR count). The van der Waals surface area contributed by atoms with Crippen LogP contribution in [0.3, 0.4) is 0 Å². The third-order valence-electron chi connectivity index (χ3n) is 1.52. The van der Waals surface area contributed by atoms with E-state index in [0.717, 1.165) is 25.3 Å². The molecule has 0 aromatic carbocycles. The number of aromatic nitrogens is 2. The molecule has 0 fully saturated rings. The van der Waals surface area contributed by atoms with Crippen LogP contribution in [0.4, 0.5) is 5.82 Å². The largest absolute Gasteiger partial charge is 0.369 e. The first-order valence-electron chi connectivity index (χ1n) is 4.14. The van der Waals surface area contributed by atoms with E-state index in [1.54, 1.807) is 0 Å². The van der Waals surface area contributed by atoms with Crippen molar-refractivity contribution in [1.29, 1.82) is 0 Å². The normalized spacial score (nSPS) is 10.0. The first kappa shape index (κ1) is 8.11. The zero-order valence-electron chi connectivity index (χ0n) is 7.17. The van der Waals surface area contributed by atoms with Crippen LogP contribution in [-0.4, -0.2) is 16.3 Å². The Morgan fingerprint density at radius 2 is 2.36 bits per heavy atom. The average molecular weight is 153 g/mol. The van der Waals surface area contributed by atoms with Gasteiger partial charge in [0.1, 0.15) is 5.82 Å². The Balaban J connectivity index is 2.44. The summed E-state index contributed by atoms with van der Waals surface area (Å²) < 4.78 is 1.91. The van der Waals surface area contributed by atoms with Gasteiger partial charge in [0.05, 0.1) is 0 Å². The molecule has 0 saturated heterocycles. The van der Waals surface area contributed by atoms with E-state index in [-0.39, 0.29) is 0 Å². The number of nitrogens with one attached hydrogen (secondary N) is 1. The molecule has 11 heavy (non-hydrogen) atoms. The fourth-order valence-electron chi connectivity index (χ4n) is 0.885. The maximum absolute atomic E-state index is 4.27. The number of aryl methyl sites for hydroxylation is 1. The molecule has 1 N–H and O–H groups in total. The van der Waals surface area contributed by atoms with Crippen molar-refractivity contribution in [3.63, 3.8) is 0 Å². The van der Waals surface area contributed by atoms with Gasteiger partial charge in [-0.25, -0.2) is 0 Å². The van der Waals surface area contributed by atoms with Gasteiger partial charge in [-0.2, -0.15) is 5.10 Å². The molecule has 0 saturated carbocycles. The van der Waals surface area contributed by atoms with E-state index in [1.165, 1.54) is 0 Å². The van der Waals surface area contributed by atoms with Crippen LogP contribution in [0.5, 0.6) is 0 Å². The molecule has 1 aromatic heterocycles. The highest BCUT2D eigenvalue weighted by Gasteiger charge is 1.93. The minimum absolute atomic E-state index is 0.938. The second-order valence-electron chi connectivity index (χ2n) is 2.48. The monoisotopic (exact) mass is 153 g/mol. The number of rotatable bonds is 4. The highest BCUT2D eigenvalue weighted by atomic mass is 15.3. The number of hydrogen-bond acceptors (Lipinski definition) is 2. The third-order valence-corrected chi connectivity index (χ3v) is 1.52. The third kappa shape index (κ3) is 2.26. The summed E-state index contributed by atoms with van der Waals surface area (Å²) in [5.74, 6) is 0.980. The Hall–Kier alpha value is -0.990. The van der Waals surface area contributed by atoms with Gasteiger partial charge in [0.25, 0.3) is 0 Å². The van der Waals surface area contributed by atoms with Crippen LogP contribution in [0.25, 0.3) is 0 Å². The Bertz CT molecular complexity index is 205. The molecule has 0 atom stereocenters. The Morgan fingerprint density at radius 1 is 1.55 bits per heavy atom. The Kier molecular flexibility index (Phi) is 2.95. The predicted octanol–water partition coefficient (Wildman–Crippen LogP) is 1.72. The summed E-state index contributed by atoms with van der Waals surface area (Å²) in [5, 5.41) is 7.49. The van der Waals surface area contributed by atoms with Gasteiger partial charge >= 0.3 is 0 Å². The molecule has 3 nitrogen and oxygen atoms in total. The quantitative estimate of drug-likeness (QED) is 0.713. The summed E-state index contributed by atoms with van der Waals surface area (Å²) in [6.07, 6.45) is 3.12.